The van der Waals surface area contributed by atoms with Gasteiger partial charge in [0.15, 0.2) is 0 Å². The van der Waals surface area contributed by atoms with Crippen molar-refractivity contribution in [2.75, 3.05) is 5.73 Å². The summed E-state index contributed by atoms with van der Waals surface area (Å²) >= 11 is 6.10. The van der Waals surface area contributed by atoms with Crippen LogP contribution in [0.3, 0.4) is 0 Å². The molecule has 0 fully saturated rings. The summed E-state index contributed by atoms with van der Waals surface area (Å²) in [5.74, 6) is 0.291. The first-order valence-electron chi connectivity index (χ1n) is 5.00. The predicted octanol–water partition coefficient (Wildman–Crippen LogP) is 0.569. The Hall–Kier alpha value is -1.82. The Morgan fingerprint density at radius 2 is 2.12 bits per heavy atom. The van der Waals surface area contributed by atoms with Gasteiger partial charge in [-0.1, -0.05) is 11.6 Å². The van der Waals surface area contributed by atoms with E-state index in [0.29, 0.717) is 10.8 Å². The number of aromatic nitrogens is 4. The maximum absolute atomic E-state index is 11.6. The summed E-state index contributed by atoms with van der Waals surface area (Å²) in [4.78, 5) is 11.6. The van der Waals surface area contributed by atoms with Gasteiger partial charge in [0, 0.05) is 13.1 Å². The molecule has 0 bridgehead atoms. The van der Waals surface area contributed by atoms with Crippen LogP contribution in [-0.4, -0.2) is 19.6 Å². The molecular weight excluding hydrogens is 242 g/mol. The molecular formula is C10H12ClN5O. The van der Waals surface area contributed by atoms with Crippen LogP contribution >= 0.6 is 11.6 Å². The molecule has 7 heteroatoms. The van der Waals surface area contributed by atoms with Crippen LogP contribution in [0.15, 0.2) is 16.9 Å². The molecule has 0 saturated heterocycles. The van der Waals surface area contributed by atoms with Crippen LogP contribution in [0, 0.1) is 6.92 Å². The van der Waals surface area contributed by atoms with Gasteiger partial charge in [0.2, 0.25) is 0 Å². The molecule has 0 aromatic carbocycles. The largest absolute Gasteiger partial charge is 0.382 e. The lowest BCUT2D eigenvalue weighted by Crippen LogP contribution is -2.24. The second-order valence-electron chi connectivity index (χ2n) is 3.72. The molecule has 2 aromatic rings. The molecule has 0 saturated carbocycles. The van der Waals surface area contributed by atoms with Crippen LogP contribution in [0.25, 0.3) is 0 Å². The van der Waals surface area contributed by atoms with E-state index in [1.165, 1.54) is 16.8 Å². The topological polar surface area (TPSA) is 78.7 Å². The van der Waals surface area contributed by atoms with E-state index >= 15 is 0 Å². The van der Waals surface area contributed by atoms with Gasteiger partial charge < -0.3 is 5.73 Å². The zero-order chi connectivity index (χ0) is 12.6. The Bertz CT molecular complexity index is 616. The Morgan fingerprint density at radius 3 is 2.71 bits per heavy atom. The SMILES string of the molecule is Cc1nn(C)c(Cn2nc(N)ccc2=O)c1Cl. The highest BCUT2D eigenvalue weighted by Crippen LogP contribution is 2.19. The fourth-order valence-corrected chi connectivity index (χ4v) is 1.79. The van der Waals surface area contributed by atoms with E-state index < -0.39 is 0 Å². The Balaban J connectivity index is 2.44. The van der Waals surface area contributed by atoms with Crippen LogP contribution < -0.4 is 11.3 Å². The zero-order valence-electron chi connectivity index (χ0n) is 9.51. The van der Waals surface area contributed by atoms with Gasteiger partial charge in [-0.05, 0) is 13.0 Å². The lowest BCUT2D eigenvalue weighted by molar-refractivity contribution is 0.594. The van der Waals surface area contributed by atoms with E-state index in [1.54, 1.807) is 18.7 Å². The van der Waals surface area contributed by atoms with Gasteiger partial charge in [-0.25, -0.2) is 4.68 Å². The predicted molar refractivity (Wildman–Crippen MR) is 65.0 cm³/mol. The quantitative estimate of drug-likeness (QED) is 0.849. The average molecular weight is 254 g/mol. The van der Waals surface area contributed by atoms with Crippen molar-refractivity contribution >= 4 is 17.4 Å². The minimum atomic E-state index is -0.228. The summed E-state index contributed by atoms with van der Waals surface area (Å²) in [6.07, 6.45) is 0. The lowest BCUT2D eigenvalue weighted by Gasteiger charge is -2.05. The van der Waals surface area contributed by atoms with Gasteiger partial charge >= 0.3 is 0 Å². The van der Waals surface area contributed by atoms with Crippen LogP contribution in [0.4, 0.5) is 5.82 Å². The first-order chi connectivity index (χ1) is 7.99. The first kappa shape index (κ1) is 11.7. The second-order valence-corrected chi connectivity index (χ2v) is 4.10. The molecule has 0 amide bonds. The van der Waals surface area contributed by atoms with Crippen LogP contribution in [0.1, 0.15) is 11.4 Å². The van der Waals surface area contributed by atoms with Gasteiger partial charge in [-0.2, -0.15) is 10.2 Å². The van der Waals surface area contributed by atoms with Crippen molar-refractivity contribution in [1.82, 2.24) is 19.6 Å². The van der Waals surface area contributed by atoms with Crippen LogP contribution in [0.2, 0.25) is 5.02 Å². The summed E-state index contributed by atoms with van der Waals surface area (Å²) < 4.78 is 2.90. The first-order valence-corrected chi connectivity index (χ1v) is 5.38. The highest BCUT2D eigenvalue weighted by Gasteiger charge is 2.12. The molecule has 0 spiro atoms. The van der Waals surface area contributed by atoms with E-state index in [2.05, 4.69) is 10.2 Å². The summed E-state index contributed by atoms with van der Waals surface area (Å²) in [5, 5.41) is 8.66. The highest BCUT2D eigenvalue weighted by atomic mass is 35.5. The molecule has 2 heterocycles. The minimum absolute atomic E-state index is 0.228. The number of anilines is 1. The van der Waals surface area contributed by atoms with Gasteiger partial charge in [0.25, 0.3) is 5.56 Å². The number of hydrogen-bond acceptors (Lipinski definition) is 4. The van der Waals surface area contributed by atoms with Crippen molar-refractivity contribution < 1.29 is 0 Å². The standard InChI is InChI=1S/C10H12ClN5O/c1-6-10(11)7(15(2)13-6)5-16-9(17)4-3-8(12)14-16/h3-4H,5H2,1-2H3,(H2,12,14). The van der Waals surface area contributed by atoms with E-state index in [0.717, 1.165) is 11.4 Å². The number of nitrogens with two attached hydrogens (primary N) is 1. The second kappa shape index (κ2) is 4.21. The van der Waals surface area contributed by atoms with E-state index in [9.17, 15) is 4.79 Å². The maximum Gasteiger partial charge on any atom is 0.267 e. The summed E-state index contributed by atoms with van der Waals surface area (Å²) in [7, 11) is 1.77. The maximum atomic E-state index is 11.6. The van der Waals surface area contributed by atoms with Crippen molar-refractivity contribution in [2.45, 2.75) is 13.5 Å². The summed E-state index contributed by atoms with van der Waals surface area (Å²) in [5.41, 5.74) is 6.76. The Morgan fingerprint density at radius 1 is 1.41 bits per heavy atom. The molecule has 90 valence electrons. The highest BCUT2D eigenvalue weighted by molar-refractivity contribution is 6.31. The third kappa shape index (κ3) is 2.16. The molecule has 0 radical (unpaired) electrons. The van der Waals surface area contributed by atoms with Crippen molar-refractivity contribution in [3.05, 3.63) is 38.9 Å². The molecule has 0 aliphatic heterocycles. The minimum Gasteiger partial charge on any atom is -0.382 e. The van der Waals surface area contributed by atoms with Crippen molar-refractivity contribution in [1.29, 1.82) is 0 Å². The summed E-state index contributed by atoms with van der Waals surface area (Å²) in [6, 6.07) is 2.84. The summed E-state index contributed by atoms with van der Waals surface area (Å²) in [6.45, 7) is 2.06. The monoisotopic (exact) mass is 253 g/mol. The van der Waals surface area contributed by atoms with E-state index in [4.69, 9.17) is 17.3 Å². The van der Waals surface area contributed by atoms with Crippen molar-refractivity contribution in [2.24, 2.45) is 7.05 Å². The lowest BCUT2D eigenvalue weighted by atomic mass is 10.3. The van der Waals surface area contributed by atoms with E-state index in [1.807, 2.05) is 0 Å². The number of rotatable bonds is 2. The Labute approximate surface area is 103 Å². The van der Waals surface area contributed by atoms with Crippen molar-refractivity contribution in [3.8, 4) is 0 Å². The molecule has 0 unspecified atom stereocenters. The van der Waals surface area contributed by atoms with Crippen LogP contribution in [0.5, 0.6) is 0 Å². The number of hydrogen-bond donors (Lipinski definition) is 1. The number of halogens is 1. The third-order valence-corrected chi connectivity index (χ3v) is 2.94. The molecule has 17 heavy (non-hydrogen) atoms. The van der Waals surface area contributed by atoms with Gasteiger partial charge in [0.05, 0.1) is 23.0 Å². The molecule has 0 aliphatic rings. The Kier molecular flexibility index (Phi) is 2.89. The molecule has 2 N–H and O–H groups in total. The van der Waals surface area contributed by atoms with E-state index in [-0.39, 0.29) is 12.1 Å². The zero-order valence-corrected chi connectivity index (χ0v) is 10.3. The third-order valence-electron chi connectivity index (χ3n) is 2.45. The fourth-order valence-electron chi connectivity index (χ4n) is 1.57. The molecule has 2 aromatic heterocycles. The van der Waals surface area contributed by atoms with Gasteiger partial charge in [0.1, 0.15) is 5.82 Å². The fraction of sp³-hybridized carbons (Fsp3) is 0.300. The number of nitrogens with zero attached hydrogens (tertiary/aromatic N) is 4. The van der Waals surface area contributed by atoms with Crippen LogP contribution in [-0.2, 0) is 13.6 Å². The van der Waals surface area contributed by atoms with Gasteiger partial charge in [-0.3, -0.25) is 9.48 Å². The molecule has 0 atom stereocenters. The van der Waals surface area contributed by atoms with Gasteiger partial charge in [-0.15, -0.1) is 0 Å². The van der Waals surface area contributed by atoms with Crippen molar-refractivity contribution in [3.63, 3.8) is 0 Å². The smallest absolute Gasteiger partial charge is 0.267 e. The number of aryl methyl sites for hydroxylation is 2. The normalized spacial score (nSPS) is 10.8. The average Bonchev–Trinajstić information content (AvgIpc) is 2.50. The molecule has 6 nitrogen and oxygen atoms in total. The molecule has 0 aliphatic carbocycles. The number of nitrogen functional groups attached to an aromatic ring is 1. The molecule has 2 rings (SSSR count).